The summed E-state index contributed by atoms with van der Waals surface area (Å²) in [7, 11) is -0.566. The molecule has 0 bridgehead atoms. The third-order valence-electron chi connectivity index (χ3n) is 4.64. The van der Waals surface area contributed by atoms with Gasteiger partial charge < -0.3 is 14.8 Å². The van der Waals surface area contributed by atoms with E-state index in [2.05, 4.69) is 5.32 Å². The maximum Gasteiger partial charge on any atom is 0.244 e. The molecule has 0 radical (unpaired) electrons. The lowest BCUT2D eigenvalue weighted by atomic mass is 10.1. The van der Waals surface area contributed by atoms with E-state index in [1.807, 2.05) is 19.1 Å². The van der Waals surface area contributed by atoms with Crippen molar-refractivity contribution in [2.24, 2.45) is 0 Å². The predicted octanol–water partition coefficient (Wildman–Crippen LogP) is 3.04. The Hall–Kier alpha value is -2.74. The second-order valence-electron chi connectivity index (χ2n) is 6.91. The molecule has 1 amide bonds. The lowest BCUT2D eigenvalue weighted by Crippen LogP contribution is -2.48. The number of ether oxygens (including phenoxy) is 2. The molecule has 7 nitrogen and oxygen atoms in total. The Bertz CT molecular complexity index is 958. The molecular weight excluding hydrogens is 392 g/mol. The standard InChI is InChI=1S/C21H28N2O5S/c1-14-7-9-17(10-8-14)23(29(6,25)26)16(3)21(24)22-15(2)19-13-18(27-4)11-12-20(19)28-5/h7-13,15-16H,1-6H3,(H,22,24)/t15-,16-/m1/s1. The molecule has 158 valence electrons. The van der Waals surface area contributed by atoms with Crippen LogP contribution in [0.25, 0.3) is 0 Å². The normalized spacial score (nSPS) is 13.3. The largest absolute Gasteiger partial charge is 0.497 e. The van der Waals surface area contributed by atoms with E-state index in [-0.39, 0.29) is 0 Å². The molecule has 0 saturated heterocycles. The van der Waals surface area contributed by atoms with Crippen molar-refractivity contribution in [2.45, 2.75) is 32.9 Å². The van der Waals surface area contributed by atoms with Crippen LogP contribution < -0.4 is 19.1 Å². The zero-order chi connectivity index (χ0) is 21.8. The smallest absolute Gasteiger partial charge is 0.244 e. The summed E-state index contributed by atoms with van der Waals surface area (Å²) in [5, 5.41) is 2.88. The number of benzene rings is 2. The van der Waals surface area contributed by atoms with Crippen molar-refractivity contribution in [3.05, 3.63) is 53.6 Å². The average Bonchev–Trinajstić information content (AvgIpc) is 2.67. The van der Waals surface area contributed by atoms with Crippen molar-refractivity contribution in [3.63, 3.8) is 0 Å². The highest BCUT2D eigenvalue weighted by Crippen LogP contribution is 2.29. The van der Waals surface area contributed by atoms with E-state index in [1.54, 1.807) is 58.4 Å². The molecule has 0 aliphatic heterocycles. The van der Waals surface area contributed by atoms with Gasteiger partial charge in [0.05, 0.1) is 32.2 Å². The van der Waals surface area contributed by atoms with E-state index in [0.29, 0.717) is 17.2 Å². The second kappa shape index (κ2) is 9.17. The van der Waals surface area contributed by atoms with Crippen molar-refractivity contribution in [1.82, 2.24) is 5.32 Å². The Kier molecular flexibility index (Phi) is 7.13. The van der Waals surface area contributed by atoms with Gasteiger partial charge in [0.1, 0.15) is 17.5 Å². The number of aryl methyl sites for hydroxylation is 1. The molecule has 2 atom stereocenters. The highest BCUT2D eigenvalue weighted by atomic mass is 32.2. The highest BCUT2D eigenvalue weighted by Gasteiger charge is 2.30. The minimum atomic E-state index is -3.67. The molecular formula is C21H28N2O5S. The van der Waals surface area contributed by atoms with Gasteiger partial charge in [-0.3, -0.25) is 9.10 Å². The topological polar surface area (TPSA) is 84.9 Å². The first-order chi connectivity index (χ1) is 13.6. The van der Waals surface area contributed by atoms with Crippen molar-refractivity contribution >= 4 is 21.6 Å². The minimum Gasteiger partial charge on any atom is -0.497 e. The summed E-state index contributed by atoms with van der Waals surface area (Å²) in [5.74, 6) is 0.811. The van der Waals surface area contributed by atoms with Gasteiger partial charge in [0, 0.05) is 5.56 Å². The average molecular weight is 421 g/mol. The zero-order valence-electron chi connectivity index (χ0n) is 17.6. The predicted molar refractivity (Wildman–Crippen MR) is 114 cm³/mol. The monoisotopic (exact) mass is 420 g/mol. The fourth-order valence-corrected chi connectivity index (χ4v) is 4.26. The molecule has 2 aromatic rings. The minimum absolute atomic E-state index is 0.422. The van der Waals surface area contributed by atoms with E-state index in [9.17, 15) is 13.2 Å². The van der Waals surface area contributed by atoms with E-state index in [0.717, 1.165) is 21.7 Å². The summed E-state index contributed by atoms with van der Waals surface area (Å²) in [5.41, 5.74) is 2.17. The van der Waals surface area contributed by atoms with Crippen LogP contribution >= 0.6 is 0 Å². The van der Waals surface area contributed by atoms with Gasteiger partial charge in [-0.1, -0.05) is 17.7 Å². The van der Waals surface area contributed by atoms with Crippen LogP contribution in [-0.4, -0.2) is 40.8 Å². The van der Waals surface area contributed by atoms with Crippen LogP contribution in [0.4, 0.5) is 5.69 Å². The summed E-state index contributed by atoms with van der Waals surface area (Å²) in [6, 6.07) is 10.9. The van der Waals surface area contributed by atoms with Crippen molar-refractivity contribution < 1.29 is 22.7 Å². The van der Waals surface area contributed by atoms with Gasteiger partial charge in [0.2, 0.25) is 15.9 Å². The number of carbonyl (C=O) groups excluding carboxylic acids is 1. The van der Waals surface area contributed by atoms with E-state index in [4.69, 9.17) is 9.47 Å². The highest BCUT2D eigenvalue weighted by molar-refractivity contribution is 7.92. The molecule has 1 N–H and O–H groups in total. The number of carbonyl (C=O) groups is 1. The Morgan fingerprint density at radius 1 is 1.03 bits per heavy atom. The van der Waals surface area contributed by atoms with Crippen LogP contribution in [-0.2, 0) is 14.8 Å². The molecule has 2 aromatic carbocycles. The summed E-state index contributed by atoms with van der Waals surface area (Å²) < 4.78 is 36.6. The van der Waals surface area contributed by atoms with E-state index < -0.39 is 28.0 Å². The first-order valence-corrected chi connectivity index (χ1v) is 11.0. The Morgan fingerprint density at radius 2 is 1.66 bits per heavy atom. The van der Waals surface area contributed by atoms with Gasteiger partial charge in [-0.25, -0.2) is 8.42 Å². The Morgan fingerprint density at radius 3 is 2.17 bits per heavy atom. The summed E-state index contributed by atoms with van der Waals surface area (Å²) in [6.07, 6.45) is 1.09. The first kappa shape index (κ1) is 22.5. The molecule has 0 aliphatic carbocycles. The van der Waals surface area contributed by atoms with E-state index in [1.165, 1.54) is 0 Å². The first-order valence-electron chi connectivity index (χ1n) is 9.16. The Balaban J connectivity index is 2.29. The number of rotatable bonds is 8. The number of nitrogens with zero attached hydrogens (tertiary/aromatic N) is 1. The van der Waals surface area contributed by atoms with Gasteiger partial charge in [-0.15, -0.1) is 0 Å². The molecule has 0 unspecified atom stereocenters. The zero-order valence-corrected chi connectivity index (χ0v) is 18.4. The molecule has 0 fully saturated rings. The summed E-state index contributed by atoms with van der Waals surface area (Å²) in [6.45, 7) is 5.28. The molecule has 0 aliphatic rings. The van der Waals surface area contributed by atoms with Crippen LogP contribution in [0.1, 0.15) is 31.0 Å². The molecule has 29 heavy (non-hydrogen) atoms. The van der Waals surface area contributed by atoms with Crippen LogP contribution in [0.2, 0.25) is 0 Å². The maximum atomic E-state index is 12.9. The summed E-state index contributed by atoms with van der Waals surface area (Å²) in [4.78, 5) is 12.9. The maximum absolute atomic E-state index is 12.9. The van der Waals surface area contributed by atoms with Gasteiger partial charge in [-0.2, -0.15) is 0 Å². The van der Waals surface area contributed by atoms with Crippen molar-refractivity contribution in [2.75, 3.05) is 24.8 Å². The summed E-state index contributed by atoms with van der Waals surface area (Å²) >= 11 is 0. The number of nitrogens with one attached hydrogen (secondary N) is 1. The van der Waals surface area contributed by atoms with Gasteiger partial charge in [0.25, 0.3) is 0 Å². The third-order valence-corrected chi connectivity index (χ3v) is 5.88. The Labute approximate surface area is 172 Å². The fourth-order valence-electron chi connectivity index (χ4n) is 3.09. The SMILES string of the molecule is COc1ccc(OC)c([C@@H](C)NC(=O)[C@@H](C)N(c2ccc(C)cc2)S(C)(=O)=O)c1. The molecule has 0 aromatic heterocycles. The van der Waals surface area contributed by atoms with Crippen molar-refractivity contribution in [1.29, 1.82) is 0 Å². The lowest BCUT2D eigenvalue weighted by Gasteiger charge is -2.29. The van der Waals surface area contributed by atoms with Crippen LogP contribution in [0, 0.1) is 6.92 Å². The molecule has 2 rings (SSSR count). The quantitative estimate of drug-likeness (QED) is 0.710. The fraction of sp³-hybridized carbons (Fsp3) is 0.381. The lowest BCUT2D eigenvalue weighted by molar-refractivity contribution is -0.122. The number of sulfonamides is 1. The third kappa shape index (κ3) is 5.41. The molecule has 0 heterocycles. The molecule has 0 saturated carbocycles. The second-order valence-corrected chi connectivity index (χ2v) is 8.77. The number of hydrogen-bond donors (Lipinski definition) is 1. The molecule has 0 spiro atoms. The number of hydrogen-bond acceptors (Lipinski definition) is 5. The number of methoxy groups -OCH3 is 2. The van der Waals surface area contributed by atoms with Crippen molar-refractivity contribution in [3.8, 4) is 11.5 Å². The number of amides is 1. The van der Waals surface area contributed by atoms with E-state index >= 15 is 0 Å². The van der Waals surface area contributed by atoms with Gasteiger partial charge in [0.15, 0.2) is 0 Å². The van der Waals surface area contributed by atoms with Gasteiger partial charge in [-0.05, 0) is 51.1 Å². The van der Waals surface area contributed by atoms with Crippen LogP contribution in [0.3, 0.4) is 0 Å². The van der Waals surface area contributed by atoms with Crippen LogP contribution in [0.15, 0.2) is 42.5 Å². The molecule has 8 heteroatoms. The number of anilines is 1. The van der Waals surface area contributed by atoms with Crippen LogP contribution in [0.5, 0.6) is 11.5 Å². The van der Waals surface area contributed by atoms with Gasteiger partial charge >= 0.3 is 0 Å².